The zero-order valence-electron chi connectivity index (χ0n) is 10.1. The predicted octanol–water partition coefficient (Wildman–Crippen LogP) is 3.50. The molecule has 3 nitrogen and oxygen atoms in total. The van der Waals surface area contributed by atoms with Crippen molar-refractivity contribution < 1.29 is 9.47 Å². The third-order valence-electron chi connectivity index (χ3n) is 2.71. The lowest BCUT2D eigenvalue weighted by Gasteiger charge is -2.20. The van der Waals surface area contributed by atoms with Crippen LogP contribution < -0.4 is 9.47 Å². The van der Waals surface area contributed by atoms with Gasteiger partial charge >= 0.3 is 0 Å². The Labute approximate surface area is 116 Å². The van der Waals surface area contributed by atoms with E-state index in [1.165, 1.54) is 11.8 Å². The molecular weight excluding hydrogens is 270 g/mol. The first kappa shape index (κ1) is 13.4. The van der Waals surface area contributed by atoms with Crippen molar-refractivity contribution in [1.82, 2.24) is 0 Å². The maximum atomic E-state index is 8.54. The molecule has 0 saturated carbocycles. The van der Waals surface area contributed by atoms with Crippen LogP contribution in [-0.4, -0.2) is 19.0 Å². The smallest absolute Gasteiger partial charge is 0.162 e. The van der Waals surface area contributed by atoms with E-state index in [0.717, 1.165) is 23.5 Å². The van der Waals surface area contributed by atoms with Gasteiger partial charge in [0.15, 0.2) is 11.5 Å². The number of nitriles is 1. The highest BCUT2D eigenvalue weighted by atomic mass is 35.5. The number of rotatable bonds is 4. The second kappa shape index (κ2) is 6.21. The first-order valence-electron chi connectivity index (χ1n) is 5.79. The summed E-state index contributed by atoms with van der Waals surface area (Å²) in [5.41, 5.74) is 1.05. The van der Waals surface area contributed by atoms with Crippen molar-refractivity contribution in [3.05, 3.63) is 22.7 Å². The molecule has 96 valence electrons. The molecule has 0 fully saturated rings. The maximum Gasteiger partial charge on any atom is 0.162 e. The molecule has 5 heteroatoms. The highest BCUT2D eigenvalue weighted by molar-refractivity contribution is 8.03. The molecule has 0 aromatic heterocycles. The van der Waals surface area contributed by atoms with Gasteiger partial charge in [-0.3, -0.25) is 0 Å². The molecule has 1 unspecified atom stereocenters. The number of nitrogens with zero attached hydrogens (tertiary/aromatic N) is 1. The van der Waals surface area contributed by atoms with Gasteiger partial charge in [-0.1, -0.05) is 18.5 Å². The molecule has 0 aliphatic carbocycles. The van der Waals surface area contributed by atoms with Crippen molar-refractivity contribution in [2.24, 2.45) is 5.92 Å². The molecule has 1 aliphatic rings. The van der Waals surface area contributed by atoms with Crippen LogP contribution in [-0.2, 0) is 6.42 Å². The molecule has 1 atom stereocenters. The molecule has 0 bridgehead atoms. The number of ether oxygens (including phenoxy) is 2. The average Bonchev–Trinajstić information content (AvgIpc) is 2.37. The molecule has 0 saturated heterocycles. The molecular formula is C13H14ClNO2S. The molecule has 2 rings (SSSR count). The second-order valence-corrected chi connectivity index (χ2v) is 5.51. The van der Waals surface area contributed by atoms with Gasteiger partial charge in [0.1, 0.15) is 18.6 Å². The van der Waals surface area contributed by atoms with Crippen molar-refractivity contribution in [2.45, 2.75) is 13.3 Å². The fourth-order valence-corrected chi connectivity index (χ4v) is 2.58. The number of thioether (sulfide) groups is 1. The van der Waals surface area contributed by atoms with E-state index < -0.39 is 0 Å². The van der Waals surface area contributed by atoms with E-state index in [4.69, 9.17) is 26.3 Å². The Bertz CT molecular complexity index is 473. The summed E-state index contributed by atoms with van der Waals surface area (Å²) in [5, 5.41) is 11.3. The minimum atomic E-state index is 0.398. The van der Waals surface area contributed by atoms with Crippen LogP contribution in [0.25, 0.3) is 0 Å². The normalized spacial score (nSPS) is 14.9. The van der Waals surface area contributed by atoms with E-state index in [1.54, 1.807) is 0 Å². The van der Waals surface area contributed by atoms with Gasteiger partial charge in [0, 0.05) is 16.8 Å². The minimum absolute atomic E-state index is 0.398. The summed E-state index contributed by atoms with van der Waals surface area (Å²) in [4.78, 5) is 0. The van der Waals surface area contributed by atoms with Gasteiger partial charge in [0.2, 0.25) is 0 Å². The molecule has 1 aromatic rings. The summed E-state index contributed by atoms with van der Waals surface area (Å²) < 4.78 is 11.0. The van der Waals surface area contributed by atoms with Gasteiger partial charge in [-0.05, 0) is 35.7 Å². The van der Waals surface area contributed by atoms with Crippen LogP contribution in [0.2, 0.25) is 5.02 Å². The summed E-state index contributed by atoms with van der Waals surface area (Å²) >= 11 is 7.51. The summed E-state index contributed by atoms with van der Waals surface area (Å²) in [6.45, 7) is 3.25. The number of hydrogen-bond acceptors (Lipinski definition) is 4. The maximum absolute atomic E-state index is 8.54. The summed E-state index contributed by atoms with van der Waals surface area (Å²) in [6.07, 6.45) is 0.837. The lowest BCUT2D eigenvalue weighted by atomic mass is 10.0. The Morgan fingerprint density at radius 2 is 2.06 bits per heavy atom. The lowest BCUT2D eigenvalue weighted by molar-refractivity contribution is 0.171. The third-order valence-corrected chi connectivity index (χ3v) is 3.93. The van der Waals surface area contributed by atoms with Crippen molar-refractivity contribution in [3.8, 4) is 16.9 Å². The molecule has 0 N–H and O–H groups in total. The van der Waals surface area contributed by atoms with Crippen LogP contribution in [0.15, 0.2) is 12.1 Å². The standard InChI is InChI=1S/C13H14ClNO2S/c1-9(7-18-8-15)4-10-5-12-13(6-11(10)14)17-3-2-16-12/h5-6,9H,2-4,7H2,1H3. The van der Waals surface area contributed by atoms with E-state index in [1.807, 2.05) is 12.1 Å². The second-order valence-electron chi connectivity index (χ2n) is 4.30. The zero-order valence-corrected chi connectivity index (χ0v) is 11.7. The Balaban J connectivity index is 2.11. The average molecular weight is 284 g/mol. The van der Waals surface area contributed by atoms with Crippen LogP contribution >= 0.6 is 23.4 Å². The fraction of sp³-hybridized carbons (Fsp3) is 0.462. The van der Waals surface area contributed by atoms with Crippen molar-refractivity contribution in [1.29, 1.82) is 5.26 Å². The van der Waals surface area contributed by atoms with E-state index in [0.29, 0.717) is 29.9 Å². The van der Waals surface area contributed by atoms with Crippen LogP contribution in [0.1, 0.15) is 12.5 Å². The van der Waals surface area contributed by atoms with E-state index in [9.17, 15) is 0 Å². The van der Waals surface area contributed by atoms with Gasteiger partial charge in [-0.15, -0.1) is 0 Å². The van der Waals surface area contributed by atoms with Crippen molar-refractivity contribution in [3.63, 3.8) is 0 Å². The number of fused-ring (bicyclic) bond motifs is 1. The number of halogens is 1. The van der Waals surface area contributed by atoms with Gasteiger partial charge < -0.3 is 9.47 Å². The molecule has 18 heavy (non-hydrogen) atoms. The van der Waals surface area contributed by atoms with Crippen LogP contribution in [0.4, 0.5) is 0 Å². The number of thiocyanates is 1. The van der Waals surface area contributed by atoms with Crippen molar-refractivity contribution in [2.75, 3.05) is 19.0 Å². The molecule has 0 spiro atoms. The third kappa shape index (κ3) is 3.24. The topological polar surface area (TPSA) is 42.2 Å². The number of hydrogen-bond donors (Lipinski definition) is 0. The summed E-state index contributed by atoms with van der Waals surface area (Å²) in [6, 6.07) is 3.76. The molecule has 1 aromatic carbocycles. The van der Waals surface area contributed by atoms with E-state index in [-0.39, 0.29) is 0 Å². The molecule has 0 radical (unpaired) electrons. The number of benzene rings is 1. The highest BCUT2D eigenvalue weighted by Gasteiger charge is 2.16. The van der Waals surface area contributed by atoms with Crippen molar-refractivity contribution >= 4 is 23.4 Å². The van der Waals surface area contributed by atoms with E-state index >= 15 is 0 Å². The largest absolute Gasteiger partial charge is 0.486 e. The summed E-state index contributed by atoms with van der Waals surface area (Å²) in [7, 11) is 0. The minimum Gasteiger partial charge on any atom is -0.486 e. The molecule has 0 amide bonds. The molecule has 1 heterocycles. The fourth-order valence-electron chi connectivity index (χ4n) is 1.88. The molecule has 1 aliphatic heterocycles. The first-order chi connectivity index (χ1) is 8.70. The van der Waals surface area contributed by atoms with Crippen LogP contribution in [0.3, 0.4) is 0 Å². The predicted molar refractivity (Wildman–Crippen MR) is 73.4 cm³/mol. The quantitative estimate of drug-likeness (QED) is 0.793. The highest BCUT2D eigenvalue weighted by Crippen LogP contribution is 2.36. The zero-order chi connectivity index (χ0) is 13.0. The Morgan fingerprint density at radius 1 is 1.39 bits per heavy atom. The Kier molecular flexibility index (Phi) is 4.62. The van der Waals surface area contributed by atoms with E-state index in [2.05, 4.69) is 12.3 Å². The van der Waals surface area contributed by atoms with Crippen LogP contribution in [0.5, 0.6) is 11.5 Å². The van der Waals surface area contributed by atoms with Gasteiger partial charge in [-0.2, -0.15) is 5.26 Å². The monoisotopic (exact) mass is 283 g/mol. The lowest BCUT2D eigenvalue weighted by Crippen LogP contribution is -2.16. The Hall–Kier alpha value is -1.05. The van der Waals surface area contributed by atoms with Gasteiger partial charge in [0.25, 0.3) is 0 Å². The van der Waals surface area contributed by atoms with Gasteiger partial charge in [-0.25, -0.2) is 0 Å². The summed E-state index contributed by atoms with van der Waals surface area (Å²) in [5.74, 6) is 2.69. The van der Waals surface area contributed by atoms with Crippen LogP contribution in [0, 0.1) is 16.6 Å². The Morgan fingerprint density at radius 3 is 2.72 bits per heavy atom. The van der Waals surface area contributed by atoms with Gasteiger partial charge in [0.05, 0.1) is 0 Å². The SMILES string of the molecule is CC(CSC#N)Cc1cc2c(cc1Cl)OCCO2. The first-order valence-corrected chi connectivity index (χ1v) is 7.16.